The molecule has 1 nitrogen and oxygen atoms in total. The first-order valence-electron chi connectivity index (χ1n) is 2.72. The molecule has 1 aliphatic heterocycles. The predicted octanol–water partition coefficient (Wildman–Crippen LogP) is 2.13. The van der Waals surface area contributed by atoms with Crippen LogP contribution in [-0.4, -0.2) is 12.0 Å². The summed E-state index contributed by atoms with van der Waals surface area (Å²) in [6, 6.07) is -3.14. The van der Waals surface area contributed by atoms with E-state index in [1.54, 1.807) is 0 Å². The van der Waals surface area contributed by atoms with Gasteiger partial charge in [-0.25, -0.2) is 0 Å². The lowest BCUT2D eigenvalue weighted by Crippen LogP contribution is -2.18. The molecule has 52 valence electrons. The maximum absolute atomic E-state index is 12.0. The van der Waals surface area contributed by atoms with Crippen LogP contribution in [-0.2, 0) is 0 Å². The summed E-state index contributed by atoms with van der Waals surface area (Å²) in [5, 5.41) is 0. The Morgan fingerprint density at radius 2 is 2.11 bits per heavy atom. The standard InChI is InChI=1S/C5H6F3N/c6-4-2-1-3-5(7,8)9-4/h1-3H2. The molecule has 9 heavy (non-hydrogen) atoms. The van der Waals surface area contributed by atoms with E-state index in [9.17, 15) is 13.2 Å². The fourth-order valence-electron chi connectivity index (χ4n) is 0.736. The molecule has 0 aromatic heterocycles. The highest BCUT2D eigenvalue weighted by Gasteiger charge is 2.31. The zero-order valence-electron chi connectivity index (χ0n) is 4.70. The van der Waals surface area contributed by atoms with Crippen molar-refractivity contribution in [3.05, 3.63) is 0 Å². The van der Waals surface area contributed by atoms with Gasteiger partial charge < -0.3 is 0 Å². The second kappa shape index (κ2) is 2.01. The summed E-state index contributed by atoms with van der Waals surface area (Å²) in [7, 11) is 0. The molecule has 0 aliphatic carbocycles. The molecule has 0 saturated heterocycles. The molecule has 0 unspecified atom stereocenters. The van der Waals surface area contributed by atoms with Gasteiger partial charge in [-0.2, -0.15) is 18.2 Å². The van der Waals surface area contributed by atoms with Gasteiger partial charge in [0.2, 0.25) is 0 Å². The fraction of sp³-hybridized carbons (Fsp3) is 0.800. The lowest BCUT2D eigenvalue weighted by molar-refractivity contribution is -0.00540. The summed E-state index contributed by atoms with van der Waals surface area (Å²) in [6.45, 7) is 0. The topological polar surface area (TPSA) is 12.4 Å². The van der Waals surface area contributed by atoms with Gasteiger partial charge in [-0.15, -0.1) is 0 Å². The van der Waals surface area contributed by atoms with Crippen LogP contribution in [0.1, 0.15) is 19.3 Å². The van der Waals surface area contributed by atoms with Crippen LogP contribution in [0.5, 0.6) is 0 Å². The Morgan fingerprint density at radius 3 is 2.44 bits per heavy atom. The highest BCUT2D eigenvalue weighted by molar-refractivity contribution is 5.75. The Bertz CT molecular complexity index is 141. The molecule has 0 fully saturated rings. The summed E-state index contributed by atoms with van der Waals surface area (Å²) < 4.78 is 36.0. The fourth-order valence-corrected chi connectivity index (χ4v) is 0.736. The van der Waals surface area contributed by atoms with Crippen molar-refractivity contribution in [2.45, 2.75) is 25.3 Å². The summed E-state index contributed by atoms with van der Waals surface area (Å²) in [6.07, 6.45) is -0.0572. The quantitative estimate of drug-likeness (QED) is 0.453. The van der Waals surface area contributed by atoms with E-state index >= 15 is 0 Å². The van der Waals surface area contributed by atoms with Gasteiger partial charge in [0.05, 0.1) is 0 Å². The molecule has 1 rings (SSSR count). The van der Waals surface area contributed by atoms with E-state index in [1.165, 1.54) is 0 Å². The first-order valence-corrected chi connectivity index (χ1v) is 2.72. The maximum atomic E-state index is 12.0. The molecule has 0 atom stereocenters. The Kier molecular flexibility index (Phi) is 1.47. The summed E-state index contributed by atoms with van der Waals surface area (Å²) in [5.41, 5.74) is 0. The predicted molar refractivity (Wildman–Crippen MR) is 27.3 cm³/mol. The van der Waals surface area contributed by atoms with Crippen molar-refractivity contribution in [1.82, 2.24) is 0 Å². The smallest absolute Gasteiger partial charge is 0.192 e. The molecule has 1 aliphatic rings. The van der Waals surface area contributed by atoms with Crippen LogP contribution in [0.4, 0.5) is 13.2 Å². The molecule has 0 radical (unpaired) electrons. The van der Waals surface area contributed by atoms with Crippen molar-refractivity contribution >= 4 is 5.97 Å². The molecular weight excluding hydrogens is 131 g/mol. The van der Waals surface area contributed by atoms with Gasteiger partial charge in [0, 0.05) is 12.8 Å². The van der Waals surface area contributed by atoms with Gasteiger partial charge in [0.25, 0.3) is 0 Å². The van der Waals surface area contributed by atoms with Crippen LogP contribution < -0.4 is 0 Å². The molecule has 0 bridgehead atoms. The van der Waals surface area contributed by atoms with Gasteiger partial charge in [0.1, 0.15) is 0 Å². The highest BCUT2D eigenvalue weighted by atomic mass is 19.3. The lowest BCUT2D eigenvalue weighted by atomic mass is 10.2. The Hall–Kier alpha value is -0.540. The second-order valence-electron chi connectivity index (χ2n) is 2.01. The molecule has 0 aromatic carbocycles. The average molecular weight is 137 g/mol. The van der Waals surface area contributed by atoms with E-state index in [2.05, 4.69) is 4.99 Å². The van der Waals surface area contributed by atoms with Crippen LogP contribution in [0.15, 0.2) is 4.99 Å². The normalized spacial score (nSPS) is 25.4. The van der Waals surface area contributed by atoms with Crippen molar-refractivity contribution in [3.8, 4) is 0 Å². The van der Waals surface area contributed by atoms with Crippen LogP contribution in [0.25, 0.3) is 0 Å². The summed E-state index contributed by atoms with van der Waals surface area (Å²) in [4.78, 5) is 2.53. The molecule has 1 heterocycles. The van der Waals surface area contributed by atoms with Crippen molar-refractivity contribution in [1.29, 1.82) is 0 Å². The second-order valence-corrected chi connectivity index (χ2v) is 2.01. The Morgan fingerprint density at radius 1 is 1.44 bits per heavy atom. The van der Waals surface area contributed by atoms with Crippen molar-refractivity contribution in [3.63, 3.8) is 0 Å². The average Bonchev–Trinajstić information content (AvgIpc) is 1.60. The molecule has 0 amide bonds. The van der Waals surface area contributed by atoms with Crippen molar-refractivity contribution in [2.24, 2.45) is 4.99 Å². The van der Waals surface area contributed by atoms with Crippen molar-refractivity contribution in [2.75, 3.05) is 0 Å². The maximum Gasteiger partial charge on any atom is 0.344 e. The van der Waals surface area contributed by atoms with E-state index in [4.69, 9.17) is 0 Å². The molecule has 0 spiro atoms. The van der Waals surface area contributed by atoms with E-state index in [0.717, 1.165) is 0 Å². The van der Waals surface area contributed by atoms with Crippen LogP contribution >= 0.6 is 0 Å². The van der Waals surface area contributed by atoms with Crippen molar-refractivity contribution < 1.29 is 13.2 Å². The van der Waals surface area contributed by atoms with E-state index in [-0.39, 0.29) is 19.3 Å². The summed E-state index contributed by atoms with van der Waals surface area (Å²) in [5.74, 6) is -0.925. The lowest BCUT2D eigenvalue weighted by Gasteiger charge is -2.14. The zero-order chi connectivity index (χ0) is 6.91. The third-order valence-electron chi connectivity index (χ3n) is 1.15. The largest absolute Gasteiger partial charge is 0.344 e. The Labute approximate surface area is 50.6 Å². The SMILES string of the molecule is FC1=NC(F)(F)CCC1. The molecule has 0 N–H and O–H groups in total. The molecule has 0 aromatic rings. The van der Waals surface area contributed by atoms with Gasteiger partial charge >= 0.3 is 6.05 Å². The van der Waals surface area contributed by atoms with Crippen LogP contribution in [0.3, 0.4) is 0 Å². The van der Waals surface area contributed by atoms with E-state index < -0.39 is 12.0 Å². The molecule has 0 saturated carbocycles. The first-order chi connectivity index (χ1) is 4.10. The minimum atomic E-state index is -3.14. The van der Waals surface area contributed by atoms with Crippen LogP contribution in [0, 0.1) is 0 Å². The molecule has 4 heteroatoms. The van der Waals surface area contributed by atoms with E-state index in [1.807, 2.05) is 0 Å². The number of hydrogen-bond acceptors (Lipinski definition) is 1. The van der Waals surface area contributed by atoms with Gasteiger partial charge in [0.15, 0.2) is 5.97 Å². The Balaban J connectivity index is 2.68. The number of halogens is 3. The van der Waals surface area contributed by atoms with Gasteiger partial charge in [-0.3, -0.25) is 0 Å². The third-order valence-corrected chi connectivity index (χ3v) is 1.15. The molecular formula is C5H6F3N. The number of nitrogens with zero attached hydrogens (tertiary/aromatic N) is 1. The minimum Gasteiger partial charge on any atom is -0.192 e. The third kappa shape index (κ3) is 1.69. The van der Waals surface area contributed by atoms with Crippen LogP contribution in [0.2, 0.25) is 0 Å². The first kappa shape index (κ1) is 6.58. The number of rotatable bonds is 0. The highest BCUT2D eigenvalue weighted by Crippen LogP contribution is 2.27. The van der Waals surface area contributed by atoms with Gasteiger partial charge in [-0.05, 0) is 6.42 Å². The number of alkyl halides is 2. The minimum absolute atomic E-state index is 0.0651. The number of hydrogen-bond donors (Lipinski definition) is 0. The zero-order valence-corrected chi connectivity index (χ0v) is 4.70. The van der Waals surface area contributed by atoms with Gasteiger partial charge in [-0.1, -0.05) is 0 Å². The monoisotopic (exact) mass is 137 g/mol. The summed E-state index contributed by atoms with van der Waals surface area (Å²) >= 11 is 0. The number of aliphatic imine (C=N–C) groups is 1. The van der Waals surface area contributed by atoms with E-state index in [0.29, 0.717) is 0 Å².